The van der Waals surface area contributed by atoms with Crippen molar-refractivity contribution in [2.24, 2.45) is 29.1 Å². The van der Waals surface area contributed by atoms with E-state index in [1.807, 2.05) is 0 Å². The van der Waals surface area contributed by atoms with Gasteiger partial charge in [0.25, 0.3) is 0 Å². The summed E-state index contributed by atoms with van der Waals surface area (Å²) in [6.07, 6.45) is 4.25. The molecule has 0 aromatic carbocycles. The van der Waals surface area contributed by atoms with Gasteiger partial charge in [-0.2, -0.15) is 0 Å². The number of aliphatic hydroxyl groups excluding tert-OH is 9. The molecule has 3 aliphatic rings. The summed E-state index contributed by atoms with van der Waals surface area (Å²) >= 11 is 0. The average Bonchev–Trinajstić information content (AvgIpc) is 3.44. The van der Waals surface area contributed by atoms with Gasteiger partial charge in [0.2, 0.25) is 0 Å². The summed E-state index contributed by atoms with van der Waals surface area (Å²) < 4.78 is 53.0. The third kappa shape index (κ3) is 27.1. The van der Waals surface area contributed by atoms with Crippen LogP contribution in [-0.4, -0.2) is 216 Å². The van der Waals surface area contributed by atoms with Gasteiger partial charge in [0, 0.05) is 81.5 Å². The quantitative estimate of drug-likeness (QED) is 0.0385. The zero-order valence-electron chi connectivity index (χ0n) is 49.2. The fourth-order valence-corrected chi connectivity index (χ4v) is 10.7. The fourth-order valence-electron chi connectivity index (χ4n) is 10.7. The fraction of sp³-hybridized carbons (Fsp3) is 0.949. The Morgan fingerprint density at radius 3 is 0.912 bits per heavy atom. The van der Waals surface area contributed by atoms with Crippen LogP contribution in [0.1, 0.15) is 176 Å². The van der Waals surface area contributed by atoms with Crippen LogP contribution in [0.4, 0.5) is 0 Å². The average molecular weight is 1150 g/mol. The van der Waals surface area contributed by atoms with Crippen molar-refractivity contribution in [2.75, 3.05) is 79.3 Å². The lowest BCUT2D eigenvalue weighted by Crippen LogP contribution is -2.55. The van der Waals surface area contributed by atoms with Crippen molar-refractivity contribution in [3.63, 3.8) is 0 Å². The van der Waals surface area contributed by atoms with Crippen LogP contribution >= 0.6 is 0 Å². The lowest BCUT2D eigenvalue weighted by Gasteiger charge is -2.40. The van der Waals surface area contributed by atoms with Gasteiger partial charge in [0.15, 0.2) is 18.9 Å². The number of ketones is 3. The molecule has 0 aromatic heterocycles. The molecule has 0 amide bonds. The van der Waals surface area contributed by atoms with Gasteiger partial charge in [-0.05, 0) is 50.9 Å². The lowest BCUT2D eigenvalue weighted by molar-refractivity contribution is -0.282. The normalized spacial score (nSPS) is 30.0. The number of Topliss-reactive ketones (excluding diaryl/α,β-unsaturated/α-hetero) is 3. The second-order valence-electron chi connectivity index (χ2n) is 23.5. The zero-order chi connectivity index (χ0) is 58.9. The van der Waals surface area contributed by atoms with E-state index in [0.717, 1.165) is 96.3 Å². The molecular formula is C59H108O21. The number of hydrogen-bond donors (Lipinski definition) is 9. The maximum Gasteiger partial charge on any atom is 0.163 e. The summed E-state index contributed by atoms with van der Waals surface area (Å²) in [6, 6.07) is 0. The number of carbonyl (C=O) groups is 3. The van der Waals surface area contributed by atoms with Crippen LogP contribution in [0.3, 0.4) is 0 Å². The first-order valence-corrected chi connectivity index (χ1v) is 30.4. The van der Waals surface area contributed by atoms with E-state index in [1.54, 1.807) is 20.8 Å². The summed E-state index contributed by atoms with van der Waals surface area (Å²) in [5.41, 5.74) is -0.575. The van der Waals surface area contributed by atoms with Gasteiger partial charge in [0.05, 0.1) is 77.8 Å². The minimum Gasteiger partial charge on any atom is -0.394 e. The van der Waals surface area contributed by atoms with Crippen LogP contribution in [0, 0.1) is 29.1 Å². The zero-order valence-corrected chi connectivity index (χ0v) is 49.2. The van der Waals surface area contributed by atoms with Gasteiger partial charge in [0.1, 0.15) is 54.0 Å². The van der Waals surface area contributed by atoms with Crippen molar-refractivity contribution >= 4 is 17.3 Å². The van der Waals surface area contributed by atoms with Gasteiger partial charge in [-0.3, -0.25) is 14.4 Å². The Bertz CT molecular complexity index is 1440. The minimum atomic E-state index is -1.16. The highest BCUT2D eigenvalue weighted by molar-refractivity contribution is 5.79. The number of hydrogen-bond acceptors (Lipinski definition) is 21. The molecule has 21 nitrogen and oxygen atoms in total. The summed E-state index contributed by atoms with van der Waals surface area (Å²) in [4.78, 5) is 38.7. The molecule has 3 rings (SSSR count). The molecule has 0 aromatic rings. The Morgan fingerprint density at radius 1 is 0.388 bits per heavy atom. The molecule has 3 saturated heterocycles. The van der Waals surface area contributed by atoms with Crippen molar-refractivity contribution in [1.82, 2.24) is 0 Å². The molecule has 15 atom stereocenters. The number of unbranched alkanes of at least 4 members (excludes halogenated alkanes) is 12. The Balaban J connectivity index is 1.37. The summed E-state index contributed by atoms with van der Waals surface area (Å²) in [5.74, 6) is -0.678. The first-order chi connectivity index (χ1) is 38.4. The number of rotatable bonds is 47. The first-order valence-electron chi connectivity index (χ1n) is 30.4. The van der Waals surface area contributed by atoms with Crippen LogP contribution < -0.4 is 0 Å². The van der Waals surface area contributed by atoms with Crippen LogP contribution in [0.5, 0.6) is 0 Å². The maximum atomic E-state index is 12.9. The van der Waals surface area contributed by atoms with E-state index < -0.39 is 117 Å². The molecule has 470 valence electrons. The molecule has 3 heterocycles. The molecule has 21 heteroatoms. The Hall–Kier alpha value is -1.71. The second kappa shape index (κ2) is 41.4. The molecule has 6 unspecified atom stereocenters. The molecule has 9 N–H and O–H groups in total. The van der Waals surface area contributed by atoms with E-state index >= 15 is 0 Å². The van der Waals surface area contributed by atoms with Gasteiger partial charge in [-0.15, -0.1) is 0 Å². The highest BCUT2D eigenvalue weighted by atomic mass is 16.7. The van der Waals surface area contributed by atoms with Crippen molar-refractivity contribution in [1.29, 1.82) is 0 Å². The van der Waals surface area contributed by atoms with Gasteiger partial charge >= 0.3 is 0 Å². The molecule has 0 saturated carbocycles. The van der Waals surface area contributed by atoms with Crippen molar-refractivity contribution in [3.8, 4) is 0 Å². The van der Waals surface area contributed by atoms with Gasteiger partial charge < -0.3 is 88.6 Å². The Kier molecular flexibility index (Phi) is 37.5. The van der Waals surface area contributed by atoms with Gasteiger partial charge in [-0.1, -0.05) is 92.4 Å². The van der Waals surface area contributed by atoms with Crippen LogP contribution in [0.2, 0.25) is 0 Å². The molecule has 80 heavy (non-hydrogen) atoms. The van der Waals surface area contributed by atoms with Gasteiger partial charge in [-0.25, -0.2) is 0 Å². The third-order valence-corrected chi connectivity index (χ3v) is 15.9. The molecule has 0 radical (unpaired) electrons. The first kappa shape index (κ1) is 72.5. The Morgan fingerprint density at radius 2 is 0.650 bits per heavy atom. The smallest absolute Gasteiger partial charge is 0.163 e. The summed E-state index contributed by atoms with van der Waals surface area (Å²) in [7, 11) is 0. The highest BCUT2D eigenvalue weighted by Gasteiger charge is 2.45. The second-order valence-corrected chi connectivity index (χ2v) is 23.5. The van der Waals surface area contributed by atoms with Crippen LogP contribution in [0.25, 0.3) is 0 Å². The Labute approximate surface area is 477 Å². The van der Waals surface area contributed by atoms with E-state index in [9.17, 15) is 60.3 Å². The summed E-state index contributed by atoms with van der Waals surface area (Å²) in [6.45, 7) is 11.1. The predicted molar refractivity (Wildman–Crippen MR) is 295 cm³/mol. The lowest BCUT2D eigenvalue weighted by atomic mass is 9.82. The largest absolute Gasteiger partial charge is 0.394 e. The predicted octanol–water partition coefficient (Wildman–Crippen LogP) is 4.24. The van der Waals surface area contributed by atoms with Crippen LogP contribution in [-0.2, 0) is 57.0 Å². The van der Waals surface area contributed by atoms with E-state index in [4.69, 9.17) is 42.6 Å². The van der Waals surface area contributed by atoms with Crippen molar-refractivity contribution < 1.29 is 103 Å². The topological polar surface area (TPSA) is 316 Å². The van der Waals surface area contributed by atoms with E-state index in [1.165, 1.54) is 0 Å². The molecular weight excluding hydrogens is 1040 g/mol. The SMILES string of the molecule is CC(C)CC(COCCC(=O)CCCCCCCO[C@@H]1OC(CO)[C@H](O)[C@H](O)C1C)(COCCC(=O)CCCCCCCO[C@@H]1OC(CO)[C@H](O)[C@H](O)C1C)COCCC(=O)CCCCCCCO[C@@H]1OC(CO)[C@H](O)[C@H](O)C1C. The maximum absolute atomic E-state index is 12.9. The monoisotopic (exact) mass is 1150 g/mol. The molecule has 0 aliphatic carbocycles. The van der Waals surface area contributed by atoms with Crippen molar-refractivity contribution in [2.45, 2.75) is 250 Å². The highest BCUT2D eigenvalue weighted by Crippen LogP contribution is 2.32. The number of ether oxygens (including phenoxy) is 9. The van der Waals surface area contributed by atoms with Crippen LogP contribution in [0.15, 0.2) is 0 Å². The third-order valence-electron chi connectivity index (χ3n) is 15.9. The summed E-state index contributed by atoms with van der Waals surface area (Å²) in [5, 5.41) is 89.3. The molecule has 3 aliphatic heterocycles. The number of carbonyl (C=O) groups excluding carboxylic acids is 3. The molecule has 3 fully saturated rings. The standard InChI is InChI=1S/C59H108O21/c1-40(2)33-59(37-72-30-24-44(63)21-15-9-6-12-18-27-75-56-41(3)50(66)53(69)47(34-60)78-56,38-73-31-25-45(64)22-16-10-7-13-19-28-76-57-42(4)51(67)54(70)48(35-61)79-57)39-74-32-26-46(65)23-17-11-8-14-20-29-77-58-43(5)52(68)55(71)49(36-62)80-58/h40-43,47-58,60-62,66-71H,6-39H2,1-5H3/t41?,42?,43?,47?,48?,49?,50-,51-,52-,53+,54+,55+,56-,57-,58-,59?/m1/s1. The van der Waals surface area contributed by atoms with E-state index in [0.29, 0.717) is 45.5 Å². The molecule has 0 spiro atoms. The minimum absolute atomic E-state index is 0.125. The number of aliphatic hydroxyl groups is 9. The van der Waals surface area contributed by atoms with Crippen molar-refractivity contribution in [3.05, 3.63) is 0 Å². The molecule has 0 bridgehead atoms. The van der Waals surface area contributed by atoms with E-state index in [2.05, 4.69) is 13.8 Å². The van der Waals surface area contributed by atoms with E-state index in [-0.39, 0.29) is 82.2 Å².